The van der Waals surface area contributed by atoms with Crippen LogP contribution in [0.2, 0.25) is 0 Å². The van der Waals surface area contributed by atoms with E-state index in [1.807, 2.05) is 13.0 Å². The highest BCUT2D eigenvalue weighted by Crippen LogP contribution is 2.32. The minimum atomic E-state index is -3.52. The van der Waals surface area contributed by atoms with Crippen LogP contribution in [0.4, 0.5) is 0 Å². The van der Waals surface area contributed by atoms with Crippen LogP contribution in [-0.4, -0.2) is 28.6 Å². The lowest BCUT2D eigenvalue weighted by Crippen LogP contribution is -2.26. The van der Waals surface area contributed by atoms with Gasteiger partial charge in [0.15, 0.2) is 0 Å². The van der Waals surface area contributed by atoms with Gasteiger partial charge in [0, 0.05) is 13.1 Å². The van der Waals surface area contributed by atoms with Crippen molar-refractivity contribution in [2.24, 2.45) is 5.92 Å². The van der Waals surface area contributed by atoms with Gasteiger partial charge in [-0.05, 0) is 36.6 Å². The molecule has 6 heteroatoms. The van der Waals surface area contributed by atoms with Crippen LogP contribution in [0.15, 0.2) is 23.1 Å². The first-order chi connectivity index (χ1) is 10.1. The molecular weight excluding hydrogens is 288 g/mol. The van der Waals surface area contributed by atoms with Crippen molar-refractivity contribution in [2.75, 3.05) is 20.2 Å². The van der Waals surface area contributed by atoms with Gasteiger partial charge < -0.3 is 10.1 Å². The number of hydrogen-bond acceptors (Lipinski definition) is 4. The molecule has 2 N–H and O–H groups in total. The zero-order chi connectivity index (χ0) is 15.3. The van der Waals surface area contributed by atoms with E-state index in [2.05, 4.69) is 10.0 Å². The average molecular weight is 312 g/mol. The molecule has 21 heavy (non-hydrogen) atoms. The summed E-state index contributed by atoms with van der Waals surface area (Å²) < 4.78 is 32.7. The van der Waals surface area contributed by atoms with E-state index in [0.29, 0.717) is 24.8 Å². The SMILES string of the molecule is CCNCc1ccc(OC)c(S(=O)(=O)NCCC2CC2)c1. The molecule has 1 saturated carbocycles. The summed E-state index contributed by atoms with van der Waals surface area (Å²) in [5.74, 6) is 1.09. The molecule has 1 aromatic rings. The molecule has 2 rings (SSSR count). The molecule has 0 aliphatic heterocycles. The van der Waals surface area contributed by atoms with E-state index in [-0.39, 0.29) is 4.90 Å². The quantitative estimate of drug-likeness (QED) is 0.730. The number of rotatable bonds is 9. The lowest BCUT2D eigenvalue weighted by molar-refractivity contribution is 0.402. The van der Waals surface area contributed by atoms with Gasteiger partial charge in [-0.15, -0.1) is 0 Å². The summed E-state index contributed by atoms with van der Waals surface area (Å²) in [6.45, 7) is 3.99. The Labute approximate surface area is 127 Å². The summed E-state index contributed by atoms with van der Waals surface area (Å²) in [5.41, 5.74) is 0.931. The van der Waals surface area contributed by atoms with Crippen molar-refractivity contribution >= 4 is 10.0 Å². The molecule has 0 spiro atoms. The van der Waals surface area contributed by atoms with Gasteiger partial charge >= 0.3 is 0 Å². The van der Waals surface area contributed by atoms with Crippen LogP contribution >= 0.6 is 0 Å². The second-order valence-corrected chi connectivity index (χ2v) is 7.13. The summed E-state index contributed by atoms with van der Waals surface area (Å²) in [4.78, 5) is 0.219. The number of sulfonamides is 1. The van der Waals surface area contributed by atoms with Crippen molar-refractivity contribution in [2.45, 2.75) is 37.6 Å². The van der Waals surface area contributed by atoms with E-state index in [1.54, 1.807) is 12.1 Å². The van der Waals surface area contributed by atoms with Gasteiger partial charge in [-0.1, -0.05) is 25.8 Å². The average Bonchev–Trinajstić information content (AvgIpc) is 3.29. The molecule has 1 fully saturated rings. The molecule has 0 saturated heterocycles. The molecule has 0 unspecified atom stereocenters. The molecule has 118 valence electrons. The smallest absolute Gasteiger partial charge is 0.244 e. The zero-order valence-corrected chi connectivity index (χ0v) is 13.5. The largest absolute Gasteiger partial charge is 0.495 e. The van der Waals surface area contributed by atoms with Crippen LogP contribution in [0.3, 0.4) is 0 Å². The Morgan fingerprint density at radius 2 is 2.10 bits per heavy atom. The summed E-state index contributed by atoms with van der Waals surface area (Å²) >= 11 is 0. The molecular formula is C15H24N2O3S. The molecule has 0 radical (unpaired) electrons. The number of nitrogens with one attached hydrogen (secondary N) is 2. The summed E-state index contributed by atoms with van der Waals surface area (Å²) in [7, 11) is -2.03. The number of methoxy groups -OCH3 is 1. The monoisotopic (exact) mass is 312 g/mol. The van der Waals surface area contributed by atoms with Gasteiger partial charge in [0.05, 0.1) is 7.11 Å². The number of ether oxygens (including phenoxy) is 1. The zero-order valence-electron chi connectivity index (χ0n) is 12.7. The van der Waals surface area contributed by atoms with E-state index < -0.39 is 10.0 Å². The minimum absolute atomic E-state index is 0.219. The predicted octanol–water partition coefficient (Wildman–Crippen LogP) is 1.88. The van der Waals surface area contributed by atoms with Crippen molar-refractivity contribution in [3.63, 3.8) is 0 Å². The van der Waals surface area contributed by atoms with E-state index >= 15 is 0 Å². The van der Waals surface area contributed by atoms with Crippen molar-refractivity contribution in [1.29, 1.82) is 0 Å². The second kappa shape index (κ2) is 7.24. The van der Waals surface area contributed by atoms with Crippen LogP contribution in [0.1, 0.15) is 31.7 Å². The fraction of sp³-hybridized carbons (Fsp3) is 0.600. The lowest BCUT2D eigenvalue weighted by atomic mass is 10.2. The van der Waals surface area contributed by atoms with E-state index in [0.717, 1.165) is 18.5 Å². The normalized spacial score (nSPS) is 15.1. The third-order valence-corrected chi connectivity index (χ3v) is 5.12. The molecule has 1 aliphatic rings. The second-order valence-electron chi connectivity index (χ2n) is 5.40. The highest BCUT2D eigenvalue weighted by molar-refractivity contribution is 7.89. The molecule has 0 bridgehead atoms. The van der Waals surface area contributed by atoms with Crippen molar-refractivity contribution in [3.05, 3.63) is 23.8 Å². The summed E-state index contributed by atoms with van der Waals surface area (Å²) in [6, 6.07) is 5.27. The third-order valence-electron chi connectivity index (χ3n) is 3.64. The predicted molar refractivity (Wildman–Crippen MR) is 82.9 cm³/mol. The Morgan fingerprint density at radius 3 is 2.71 bits per heavy atom. The van der Waals surface area contributed by atoms with Crippen LogP contribution < -0.4 is 14.8 Å². The third kappa shape index (κ3) is 4.69. The molecule has 0 atom stereocenters. The van der Waals surface area contributed by atoms with Crippen LogP contribution in [0.5, 0.6) is 5.75 Å². The first-order valence-corrected chi connectivity index (χ1v) is 8.92. The maximum absolute atomic E-state index is 12.4. The number of hydrogen-bond donors (Lipinski definition) is 2. The summed E-state index contributed by atoms with van der Waals surface area (Å²) in [5, 5.41) is 3.19. The van der Waals surface area contributed by atoms with Gasteiger partial charge in [-0.25, -0.2) is 13.1 Å². The van der Waals surface area contributed by atoms with Crippen molar-refractivity contribution in [1.82, 2.24) is 10.0 Å². The van der Waals surface area contributed by atoms with Gasteiger partial charge in [0.25, 0.3) is 0 Å². The fourth-order valence-corrected chi connectivity index (χ4v) is 3.46. The van der Waals surface area contributed by atoms with E-state index in [4.69, 9.17) is 4.74 Å². The van der Waals surface area contributed by atoms with E-state index in [9.17, 15) is 8.42 Å². The molecule has 0 aromatic heterocycles. The van der Waals surface area contributed by atoms with Crippen LogP contribution in [0.25, 0.3) is 0 Å². The Balaban J connectivity index is 2.12. The first kappa shape index (κ1) is 16.3. The van der Waals surface area contributed by atoms with Crippen molar-refractivity contribution in [3.8, 4) is 5.75 Å². The maximum atomic E-state index is 12.4. The topological polar surface area (TPSA) is 67.4 Å². The molecule has 1 aliphatic carbocycles. The fourth-order valence-electron chi connectivity index (χ4n) is 2.19. The van der Waals surface area contributed by atoms with Gasteiger partial charge in [-0.3, -0.25) is 0 Å². The Kier molecular flexibility index (Phi) is 5.61. The Bertz CT molecular complexity index is 568. The Morgan fingerprint density at radius 1 is 1.33 bits per heavy atom. The highest BCUT2D eigenvalue weighted by Gasteiger charge is 2.23. The van der Waals surface area contributed by atoms with Gasteiger partial charge in [0.2, 0.25) is 10.0 Å². The van der Waals surface area contributed by atoms with Crippen LogP contribution in [-0.2, 0) is 16.6 Å². The summed E-state index contributed by atoms with van der Waals surface area (Å²) in [6.07, 6.45) is 3.37. The van der Waals surface area contributed by atoms with Crippen LogP contribution in [0, 0.1) is 5.92 Å². The van der Waals surface area contributed by atoms with Gasteiger partial charge in [-0.2, -0.15) is 0 Å². The number of benzene rings is 1. The minimum Gasteiger partial charge on any atom is -0.495 e. The molecule has 0 amide bonds. The first-order valence-electron chi connectivity index (χ1n) is 7.44. The molecule has 0 heterocycles. The van der Waals surface area contributed by atoms with Crippen molar-refractivity contribution < 1.29 is 13.2 Å². The molecule has 1 aromatic carbocycles. The van der Waals surface area contributed by atoms with E-state index in [1.165, 1.54) is 20.0 Å². The van der Waals surface area contributed by atoms with Gasteiger partial charge in [0.1, 0.15) is 10.6 Å². The molecule has 5 nitrogen and oxygen atoms in total. The Hall–Kier alpha value is -1.11. The lowest BCUT2D eigenvalue weighted by Gasteiger charge is -2.12. The maximum Gasteiger partial charge on any atom is 0.244 e. The highest BCUT2D eigenvalue weighted by atomic mass is 32.2. The standard InChI is InChI=1S/C15H24N2O3S/c1-3-16-11-13-6-7-14(20-2)15(10-13)21(18,19)17-9-8-12-4-5-12/h6-7,10,12,16-17H,3-5,8-9,11H2,1-2H3.